The lowest BCUT2D eigenvalue weighted by Gasteiger charge is -2.24. The highest BCUT2D eigenvalue weighted by Gasteiger charge is 2.24. The lowest BCUT2D eigenvalue weighted by atomic mass is 9.88. The van der Waals surface area contributed by atoms with Crippen LogP contribution < -0.4 is 11.1 Å². The molecule has 3 nitrogen and oxygen atoms in total. The molecule has 3 aromatic rings. The van der Waals surface area contributed by atoms with Crippen LogP contribution in [0.2, 0.25) is 10.0 Å². The zero-order chi connectivity index (χ0) is 21.6. The first-order chi connectivity index (χ1) is 15.2. The van der Waals surface area contributed by atoms with E-state index in [1.54, 1.807) is 0 Å². The number of fused-ring (bicyclic) bond motifs is 1. The third-order valence-electron chi connectivity index (χ3n) is 6.57. The van der Waals surface area contributed by atoms with Gasteiger partial charge in [0, 0.05) is 39.1 Å². The third-order valence-corrected chi connectivity index (χ3v) is 7.01. The van der Waals surface area contributed by atoms with Crippen molar-refractivity contribution in [1.82, 2.24) is 9.88 Å². The topological polar surface area (TPSA) is 43.0 Å². The Labute approximate surface area is 195 Å². The number of aromatic nitrogens is 1. The molecule has 0 aliphatic heterocycles. The summed E-state index contributed by atoms with van der Waals surface area (Å²) in [5.41, 5.74) is 9.56. The maximum absolute atomic E-state index is 6.41. The second-order valence-corrected chi connectivity index (χ2v) is 9.61. The third kappa shape index (κ3) is 5.46. The highest BCUT2D eigenvalue weighted by Crippen LogP contribution is 2.39. The predicted octanol–water partition coefficient (Wildman–Crippen LogP) is 6.91. The minimum absolute atomic E-state index is 0.233. The summed E-state index contributed by atoms with van der Waals surface area (Å²) in [4.78, 5) is 0. The van der Waals surface area contributed by atoms with E-state index in [-0.39, 0.29) is 5.92 Å². The molecule has 3 N–H and O–H groups in total. The van der Waals surface area contributed by atoms with Gasteiger partial charge in [-0.3, -0.25) is 0 Å². The number of nitrogens with zero attached hydrogens (tertiary/aromatic N) is 1. The summed E-state index contributed by atoms with van der Waals surface area (Å²) in [5.74, 6) is 0.233. The predicted molar refractivity (Wildman–Crippen MR) is 134 cm³/mol. The fraction of sp³-hybridized carbons (Fsp3) is 0.462. The lowest BCUT2D eigenvalue weighted by molar-refractivity contribution is 0.360. The van der Waals surface area contributed by atoms with Crippen molar-refractivity contribution >= 4 is 34.1 Å². The van der Waals surface area contributed by atoms with Gasteiger partial charge in [-0.15, -0.1) is 0 Å². The summed E-state index contributed by atoms with van der Waals surface area (Å²) in [6.45, 7) is 2.59. The van der Waals surface area contributed by atoms with Crippen molar-refractivity contribution in [2.45, 2.75) is 56.9 Å². The molecule has 4 rings (SSSR count). The Bertz CT molecular complexity index is 971. The number of nitrogens with one attached hydrogen (secondary N) is 1. The van der Waals surface area contributed by atoms with Crippen molar-refractivity contribution in [3.8, 4) is 0 Å². The van der Waals surface area contributed by atoms with Crippen molar-refractivity contribution < 1.29 is 0 Å². The molecule has 1 unspecified atom stereocenters. The molecular formula is C26H33Cl2N3. The number of halogens is 2. The second-order valence-electron chi connectivity index (χ2n) is 8.74. The van der Waals surface area contributed by atoms with Gasteiger partial charge < -0.3 is 15.6 Å². The summed E-state index contributed by atoms with van der Waals surface area (Å²) in [6, 6.07) is 15.4. The minimum atomic E-state index is 0.233. The van der Waals surface area contributed by atoms with Gasteiger partial charge in [0.25, 0.3) is 0 Å². The van der Waals surface area contributed by atoms with Crippen molar-refractivity contribution in [2.24, 2.45) is 5.73 Å². The molecule has 1 aromatic heterocycles. The van der Waals surface area contributed by atoms with Crippen LogP contribution >= 0.6 is 23.2 Å². The molecule has 2 aromatic carbocycles. The van der Waals surface area contributed by atoms with E-state index in [1.165, 1.54) is 54.1 Å². The van der Waals surface area contributed by atoms with Gasteiger partial charge in [-0.2, -0.15) is 0 Å². The lowest BCUT2D eigenvalue weighted by Crippen LogP contribution is -2.21. The van der Waals surface area contributed by atoms with Gasteiger partial charge in [0.05, 0.1) is 0 Å². The fourth-order valence-electron chi connectivity index (χ4n) is 5.05. The molecule has 31 heavy (non-hydrogen) atoms. The monoisotopic (exact) mass is 457 g/mol. The van der Waals surface area contributed by atoms with Gasteiger partial charge in [0.15, 0.2) is 0 Å². The highest BCUT2D eigenvalue weighted by atomic mass is 35.5. The molecule has 5 heteroatoms. The Morgan fingerprint density at radius 2 is 1.74 bits per heavy atom. The van der Waals surface area contributed by atoms with Crippen LogP contribution in [0.3, 0.4) is 0 Å². The zero-order valence-corrected chi connectivity index (χ0v) is 19.6. The summed E-state index contributed by atoms with van der Waals surface area (Å²) < 4.78 is 2.55. The maximum Gasteiger partial charge on any atom is 0.0485 e. The van der Waals surface area contributed by atoms with E-state index in [1.807, 2.05) is 6.07 Å². The Morgan fingerprint density at radius 1 is 1.00 bits per heavy atom. The van der Waals surface area contributed by atoms with Crippen molar-refractivity contribution in [1.29, 1.82) is 0 Å². The fourth-order valence-corrected chi connectivity index (χ4v) is 5.59. The molecule has 166 valence electrons. The summed E-state index contributed by atoms with van der Waals surface area (Å²) in [5, 5.41) is 6.28. The molecule has 0 radical (unpaired) electrons. The molecular weight excluding hydrogens is 425 g/mol. The van der Waals surface area contributed by atoms with Gasteiger partial charge in [-0.1, -0.05) is 60.7 Å². The molecule has 0 saturated heterocycles. The van der Waals surface area contributed by atoms with Crippen LogP contribution in [0.15, 0.2) is 48.7 Å². The maximum atomic E-state index is 6.41. The van der Waals surface area contributed by atoms with E-state index in [9.17, 15) is 0 Å². The van der Waals surface area contributed by atoms with E-state index in [0.717, 1.165) is 32.5 Å². The quantitative estimate of drug-likeness (QED) is 0.342. The average molecular weight is 458 g/mol. The number of rotatable bonds is 9. The first kappa shape index (κ1) is 22.7. The van der Waals surface area contributed by atoms with Gasteiger partial charge in [0.1, 0.15) is 0 Å². The first-order valence-electron chi connectivity index (χ1n) is 11.6. The van der Waals surface area contributed by atoms with Gasteiger partial charge in [-0.05, 0) is 80.7 Å². The first-order valence-corrected chi connectivity index (χ1v) is 12.4. The van der Waals surface area contributed by atoms with Crippen molar-refractivity contribution in [3.05, 3.63) is 69.8 Å². The highest BCUT2D eigenvalue weighted by molar-refractivity contribution is 6.34. The van der Waals surface area contributed by atoms with E-state index in [2.05, 4.69) is 52.5 Å². The van der Waals surface area contributed by atoms with Crippen LogP contribution in [0.5, 0.6) is 0 Å². The molecule has 1 aliphatic carbocycles. The number of benzene rings is 2. The number of para-hydroxylation sites is 1. The molecule has 1 saturated carbocycles. The molecule has 1 fully saturated rings. The molecule has 1 atom stereocenters. The Balaban J connectivity index is 1.73. The SMILES string of the molecule is NCCCNCCC(c1cc(Cl)cc(Cl)c1)c1cn(C2CCCCC2)c2ccccc12. The smallest absolute Gasteiger partial charge is 0.0485 e. The summed E-state index contributed by atoms with van der Waals surface area (Å²) >= 11 is 12.8. The zero-order valence-electron chi connectivity index (χ0n) is 18.1. The summed E-state index contributed by atoms with van der Waals surface area (Å²) in [6.07, 6.45) is 10.9. The molecule has 1 heterocycles. The van der Waals surface area contributed by atoms with Crippen LogP contribution in [-0.2, 0) is 0 Å². The second kappa shape index (κ2) is 10.9. The van der Waals surface area contributed by atoms with Crippen LogP contribution in [0, 0.1) is 0 Å². The van der Waals surface area contributed by atoms with Crippen molar-refractivity contribution in [2.75, 3.05) is 19.6 Å². The average Bonchev–Trinajstić information content (AvgIpc) is 3.16. The Hall–Kier alpha value is -1.52. The van der Waals surface area contributed by atoms with Gasteiger partial charge in [-0.25, -0.2) is 0 Å². The standard InChI is InChI=1S/C26H33Cl2N3/c27-20-15-19(16-21(28)17-20)23(11-14-30-13-6-12-29)25-18-31(22-7-2-1-3-8-22)26-10-5-4-9-24(25)26/h4-5,9-10,15-18,22-23,30H,1-3,6-8,11-14,29H2. The minimum Gasteiger partial charge on any atom is -0.344 e. The number of hydrogen-bond donors (Lipinski definition) is 2. The number of hydrogen-bond acceptors (Lipinski definition) is 2. The van der Waals surface area contributed by atoms with Gasteiger partial charge >= 0.3 is 0 Å². The van der Waals surface area contributed by atoms with Crippen LogP contribution in [0.1, 0.15) is 68.0 Å². The summed E-state index contributed by atoms with van der Waals surface area (Å²) in [7, 11) is 0. The van der Waals surface area contributed by atoms with Gasteiger partial charge in [0.2, 0.25) is 0 Å². The molecule has 0 spiro atoms. The molecule has 0 amide bonds. The number of nitrogens with two attached hydrogens (primary N) is 1. The molecule has 0 bridgehead atoms. The Kier molecular flexibility index (Phi) is 7.95. The van der Waals surface area contributed by atoms with Crippen LogP contribution in [0.4, 0.5) is 0 Å². The largest absolute Gasteiger partial charge is 0.344 e. The van der Waals surface area contributed by atoms with Crippen molar-refractivity contribution in [3.63, 3.8) is 0 Å². The van der Waals surface area contributed by atoms with E-state index in [0.29, 0.717) is 16.1 Å². The van der Waals surface area contributed by atoms with E-state index in [4.69, 9.17) is 28.9 Å². The van der Waals surface area contributed by atoms with E-state index < -0.39 is 0 Å². The van der Waals surface area contributed by atoms with E-state index >= 15 is 0 Å². The van der Waals surface area contributed by atoms with Crippen LogP contribution in [0.25, 0.3) is 10.9 Å². The molecule has 1 aliphatic rings. The van der Waals surface area contributed by atoms with Crippen LogP contribution in [-0.4, -0.2) is 24.2 Å². The normalized spacial score (nSPS) is 16.1. The Morgan fingerprint density at radius 3 is 2.48 bits per heavy atom.